The quantitative estimate of drug-likeness (QED) is 0.863. The molecule has 0 amide bonds. The maximum atomic E-state index is 13.5. The van der Waals surface area contributed by atoms with Gasteiger partial charge in [0.2, 0.25) is 0 Å². The van der Waals surface area contributed by atoms with Crippen molar-refractivity contribution in [2.24, 2.45) is 10.7 Å². The third-order valence-electron chi connectivity index (χ3n) is 2.28. The van der Waals surface area contributed by atoms with Crippen molar-refractivity contribution in [3.8, 4) is 0 Å². The lowest BCUT2D eigenvalue weighted by molar-refractivity contribution is 0.138. The Morgan fingerprint density at radius 2 is 2.25 bits per heavy atom. The molecule has 3 nitrogen and oxygen atoms in total. The Labute approximate surface area is 99.4 Å². The van der Waals surface area contributed by atoms with E-state index < -0.39 is 18.0 Å². The molecule has 16 heavy (non-hydrogen) atoms. The Bertz CT molecular complexity index is 439. The minimum Gasteiger partial charge on any atom is -0.462 e. The zero-order valence-electron chi connectivity index (χ0n) is 8.16. The number of halogens is 3. The van der Waals surface area contributed by atoms with Crippen LogP contribution in [-0.4, -0.2) is 18.8 Å². The van der Waals surface area contributed by atoms with Crippen LogP contribution in [0.5, 0.6) is 0 Å². The maximum Gasteiger partial charge on any atom is 0.282 e. The molecule has 0 aromatic heterocycles. The number of alkyl halides is 1. The highest BCUT2D eigenvalue weighted by atomic mass is 79.9. The van der Waals surface area contributed by atoms with Crippen molar-refractivity contribution in [2.75, 3.05) is 6.61 Å². The summed E-state index contributed by atoms with van der Waals surface area (Å²) >= 11 is 3.20. The van der Waals surface area contributed by atoms with Crippen molar-refractivity contribution < 1.29 is 13.5 Å². The highest BCUT2D eigenvalue weighted by Crippen LogP contribution is 2.30. The van der Waals surface area contributed by atoms with Gasteiger partial charge in [0.25, 0.3) is 6.02 Å². The van der Waals surface area contributed by atoms with E-state index >= 15 is 0 Å². The number of benzene rings is 1. The van der Waals surface area contributed by atoms with Crippen molar-refractivity contribution in [1.29, 1.82) is 0 Å². The first-order valence-electron chi connectivity index (χ1n) is 4.63. The van der Waals surface area contributed by atoms with Crippen LogP contribution >= 0.6 is 15.9 Å². The number of rotatable bonds is 1. The molecule has 0 saturated carbocycles. The Kier molecular flexibility index (Phi) is 3.09. The number of hydrogen-bond acceptors (Lipinski definition) is 3. The minimum atomic E-state index is -1.39. The van der Waals surface area contributed by atoms with Crippen LogP contribution in [-0.2, 0) is 4.74 Å². The average Bonchev–Trinajstić information content (AvgIpc) is 2.25. The fourth-order valence-electron chi connectivity index (χ4n) is 1.52. The molecular weight excluding hydrogens is 282 g/mol. The monoisotopic (exact) mass is 290 g/mol. The van der Waals surface area contributed by atoms with E-state index in [2.05, 4.69) is 20.9 Å². The van der Waals surface area contributed by atoms with Gasteiger partial charge in [-0.15, -0.1) is 0 Å². The van der Waals surface area contributed by atoms with Gasteiger partial charge >= 0.3 is 0 Å². The first-order chi connectivity index (χ1) is 7.58. The van der Waals surface area contributed by atoms with Crippen LogP contribution in [0.15, 0.2) is 27.7 Å². The zero-order chi connectivity index (χ0) is 11.7. The molecule has 86 valence electrons. The molecule has 0 aliphatic carbocycles. The topological polar surface area (TPSA) is 47.6 Å². The summed E-state index contributed by atoms with van der Waals surface area (Å²) < 4.78 is 32.5. The second kappa shape index (κ2) is 4.37. The molecule has 1 heterocycles. The predicted molar refractivity (Wildman–Crippen MR) is 59.3 cm³/mol. The molecule has 1 aromatic carbocycles. The molecular formula is C10H9BrF2N2O. The summed E-state index contributed by atoms with van der Waals surface area (Å²) in [4.78, 5) is 3.77. The van der Waals surface area contributed by atoms with E-state index in [0.29, 0.717) is 4.47 Å². The van der Waals surface area contributed by atoms with Crippen LogP contribution in [0.2, 0.25) is 0 Å². The lowest BCUT2D eigenvalue weighted by atomic mass is 10.0. The molecule has 0 saturated heterocycles. The molecule has 0 spiro atoms. The van der Waals surface area contributed by atoms with Gasteiger partial charge in [-0.2, -0.15) is 0 Å². The van der Waals surface area contributed by atoms with Gasteiger partial charge in [-0.05, 0) is 18.2 Å². The number of hydrogen-bond donors (Lipinski definition) is 1. The molecule has 0 fully saturated rings. The summed E-state index contributed by atoms with van der Waals surface area (Å²) in [6, 6.07) is 3.24. The lowest BCUT2D eigenvalue weighted by Gasteiger charge is -2.23. The summed E-state index contributed by atoms with van der Waals surface area (Å²) in [5.41, 5.74) is 5.51. The van der Waals surface area contributed by atoms with Crippen molar-refractivity contribution in [2.45, 2.75) is 12.2 Å². The molecule has 1 aliphatic heterocycles. The van der Waals surface area contributed by atoms with E-state index in [0.717, 1.165) is 0 Å². The molecule has 1 aliphatic rings. The molecule has 2 rings (SSSR count). The highest BCUT2D eigenvalue weighted by molar-refractivity contribution is 9.10. The minimum absolute atomic E-state index is 0.113. The summed E-state index contributed by atoms with van der Waals surface area (Å²) in [5.74, 6) is -0.505. The molecule has 2 unspecified atom stereocenters. The number of ether oxygens (including phenoxy) is 1. The van der Waals surface area contributed by atoms with Gasteiger partial charge in [0.1, 0.15) is 18.5 Å². The summed E-state index contributed by atoms with van der Waals surface area (Å²) in [6.07, 6.45) is -1.39. The molecule has 0 radical (unpaired) electrons. The van der Waals surface area contributed by atoms with E-state index in [4.69, 9.17) is 10.5 Å². The van der Waals surface area contributed by atoms with Gasteiger partial charge in [0.05, 0.1) is 0 Å². The van der Waals surface area contributed by atoms with Gasteiger partial charge in [-0.1, -0.05) is 15.9 Å². The summed E-state index contributed by atoms with van der Waals surface area (Å²) in [7, 11) is 0. The van der Waals surface area contributed by atoms with E-state index in [9.17, 15) is 8.78 Å². The largest absolute Gasteiger partial charge is 0.462 e. The molecule has 1 aromatic rings. The number of nitrogens with zero attached hydrogens (tertiary/aromatic N) is 1. The number of nitrogens with two attached hydrogens (primary N) is 1. The predicted octanol–water partition coefficient (Wildman–Crippen LogP) is 2.31. The van der Waals surface area contributed by atoms with Gasteiger partial charge < -0.3 is 10.5 Å². The Morgan fingerprint density at radius 3 is 3.00 bits per heavy atom. The highest BCUT2D eigenvalue weighted by Gasteiger charge is 2.30. The van der Waals surface area contributed by atoms with Crippen LogP contribution in [0.1, 0.15) is 11.6 Å². The van der Waals surface area contributed by atoms with E-state index in [1.54, 1.807) is 6.07 Å². The van der Waals surface area contributed by atoms with E-state index in [1.165, 1.54) is 12.1 Å². The average molecular weight is 291 g/mol. The van der Waals surface area contributed by atoms with Crippen LogP contribution < -0.4 is 5.73 Å². The van der Waals surface area contributed by atoms with Gasteiger partial charge in [0.15, 0.2) is 6.17 Å². The second-order valence-corrected chi connectivity index (χ2v) is 4.32. The summed E-state index contributed by atoms with van der Waals surface area (Å²) in [6.45, 7) is -0.202. The smallest absolute Gasteiger partial charge is 0.282 e. The van der Waals surface area contributed by atoms with Crippen molar-refractivity contribution >= 4 is 22.0 Å². The van der Waals surface area contributed by atoms with Crippen LogP contribution in [0.4, 0.5) is 8.78 Å². The van der Waals surface area contributed by atoms with Crippen molar-refractivity contribution in [1.82, 2.24) is 0 Å². The van der Waals surface area contributed by atoms with Crippen LogP contribution in [0.3, 0.4) is 0 Å². The number of amidine groups is 1. The van der Waals surface area contributed by atoms with Gasteiger partial charge in [-0.25, -0.2) is 13.8 Å². The van der Waals surface area contributed by atoms with Crippen LogP contribution in [0.25, 0.3) is 0 Å². The van der Waals surface area contributed by atoms with Crippen LogP contribution in [0, 0.1) is 5.82 Å². The van der Waals surface area contributed by atoms with E-state index in [1.807, 2.05) is 0 Å². The molecule has 2 N–H and O–H groups in total. The fourth-order valence-corrected chi connectivity index (χ4v) is 1.90. The maximum absolute atomic E-state index is 13.5. The third-order valence-corrected chi connectivity index (χ3v) is 2.77. The normalized spacial score (nSPS) is 24.8. The van der Waals surface area contributed by atoms with Crippen molar-refractivity contribution in [3.05, 3.63) is 34.1 Å². The SMILES string of the molecule is NC1=NC(c2cc(Br)ccc2F)C(F)CO1. The molecule has 0 bridgehead atoms. The van der Waals surface area contributed by atoms with Crippen molar-refractivity contribution in [3.63, 3.8) is 0 Å². The Morgan fingerprint density at radius 1 is 1.50 bits per heavy atom. The standard InChI is InChI=1S/C10H9BrF2N2O/c11-5-1-2-7(12)6(3-5)9-8(13)4-16-10(14)15-9/h1-3,8-9H,4H2,(H2,14,15). The van der Waals surface area contributed by atoms with Gasteiger partial charge in [-0.3, -0.25) is 0 Å². The first kappa shape index (κ1) is 11.3. The molecule has 2 atom stereocenters. The first-order valence-corrected chi connectivity index (χ1v) is 5.42. The van der Waals surface area contributed by atoms with Gasteiger partial charge in [0, 0.05) is 10.0 Å². The number of aliphatic imine (C=N–C) groups is 1. The molecule has 6 heteroatoms. The fraction of sp³-hybridized carbons (Fsp3) is 0.300. The Hall–Kier alpha value is -1.17. The Balaban J connectivity index is 2.42. The van der Waals surface area contributed by atoms with E-state index in [-0.39, 0.29) is 18.2 Å². The lowest BCUT2D eigenvalue weighted by Crippen LogP contribution is -2.32. The third kappa shape index (κ3) is 2.16. The second-order valence-electron chi connectivity index (χ2n) is 3.41. The summed E-state index contributed by atoms with van der Waals surface area (Å²) in [5, 5.41) is 0. The zero-order valence-corrected chi connectivity index (χ0v) is 9.75.